The predicted octanol–water partition coefficient (Wildman–Crippen LogP) is 6.66. The molecule has 7 nitrogen and oxygen atoms in total. The first-order chi connectivity index (χ1) is 19.3. The van der Waals surface area contributed by atoms with Gasteiger partial charge in [0.1, 0.15) is 0 Å². The standard InChI is InChI=1S/C30H25F3N2O5S/c1-19-8-6-13-24(16-19)35-41(38,39)25-15-14-20(2)26(18-25)29(37)40-27(21-9-4-3-5-10-21)28(36)34-23-12-7-11-22(17-23)30(31,32)33/h3-18,27,35H,1-2H3,(H,34,36)/t27-/m0/s1. The van der Waals surface area contributed by atoms with Crippen molar-refractivity contribution < 1.29 is 35.9 Å². The molecule has 4 aromatic rings. The number of alkyl halides is 3. The number of hydrogen-bond donors (Lipinski definition) is 2. The summed E-state index contributed by atoms with van der Waals surface area (Å²) < 4.78 is 73.6. The highest BCUT2D eigenvalue weighted by atomic mass is 32.2. The molecular formula is C30H25F3N2O5S. The van der Waals surface area contributed by atoms with Crippen molar-refractivity contribution in [1.82, 2.24) is 0 Å². The van der Waals surface area contributed by atoms with Crippen LogP contribution < -0.4 is 10.0 Å². The third-order valence-corrected chi connectivity index (χ3v) is 7.41. The molecule has 0 aromatic heterocycles. The second kappa shape index (κ2) is 11.8. The summed E-state index contributed by atoms with van der Waals surface area (Å²) >= 11 is 0. The van der Waals surface area contributed by atoms with Crippen molar-refractivity contribution in [2.75, 3.05) is 10.0 Å². The van der Waals surface area contributed by atoms with Gasteiger partial charge in [0.15, 0.2) is 0 Å². The van der Waals surface area contributed by atoms with E-state index < -0.39 is 39.7 Å². The molecule has 2 N–H and O–H groups in total. The Hall–Kier alpha value is -4.64. The van der Waals surface area contributed by atoms with Crippen LogP contribution in [0.15, 0.2) is 102 Å². The van der Waals surface area contributed by atoms with Gasteiger partial charge >= 0.3 is 12.1 Å². The van der Waals surface area contributed by atoms with E-state index in [0.717, 1.165) is 29.8 Å². The van der Waals surface area contributed by atoms with Gasteiger partial charge in [0.05, 0.1) is 16.0 Å². The Morgan fingerprint density at radius 3 is 2.17 bits per heavy atom. The minimum atomic E-state index is -4.62. The Kier molecular flexibility index (Phi) is 8.48. The Morgan fingerprint density at radius 2 is 1.49 bits per heavy atom. The Morgan fingerprint density at radius 1 is 0.805 bits per heavy atom. The SMILES string of the molecule is Cc1cccc(NS(=O)(=O)c2ccc(C)c(C(=O)O[C@H](C(=O)Nc3cccc(C(F)(F)F)c3)c3ccccc3)c2)c1. The van der Waals surface area contributed by atoms with Crippen LogP contribution in [0.2, 0.25) is 0 Å². The summed E-state index contributed by atoms with van der Waals surface area (Å²) in [6.45, 7) is 3.38. The predicted molar refractivity (Wildman–Crippen MR) is 148 cm³/mol. The van der Waals surface area contributed by atoms with Crippen LogP contribution in [0.5, 0.6) is 0 Å². The quantitative estimate of drug-likeness (QED) is 0.226. The van der Waals surface area contributed by atoms with Gasteiger partial charge in [-0.1, -0.05) is 54.6 Å². The van der Waals surface area contributed by atoms with Gasteiger partial charge in [-0.05, 0) is 67.4 Å². The number of aryl methyl sites for hydroxylation is 2. The van der Waals surface area contributed by atoms with Crippen molar-refractivity contribution in [3.63, 3.8) is 0 Å². The summed E-state index contributed by atoms with van der Waals surface area (Å²) in [4.78, 5) is 26.3. The van der Waals surface area contributed by atoms with Crippen molar-refractivity contribution in [2.24, 2.45) is 0 Å². The lowest BCUT2D eigenvalue weighted by Gasteiger charge is -2.19. The number of nitrogens with one attached hydrogen (secondary N) is 2. The number of ether oxygens (including phenoxy) is 1. The Bertz CT molecular complexity index is 1690. The van der Waals surface area contributed by atoms with Crippen LogP contribution in [-0.4, -0.2) is 20.3 Å². The summed E-state index contributed by atoms with van der Waals surface area (Å²) in [6, 6.07) is 22.6. The second-order valence-corrected chi connectivity index (χ2v) is 10.9. The monoisotopic (exact) mass is 582 g/mol. The molecule has 0 radical (unpaired) electrons. The van der Waals surface area contributed by atoms with E-state index in [1.54, 1.807) is 43.3 Å². The zero-order chi connectivity index (χ0) is 29.8. The number of anilines is 2. The fraction of sp³-hybridized carbons (Fsp3) is 0.133. The third kappa shape index (κ3) is 7.31. The number of carbonyl (C=O) groups is 2. The van der Waals surface area contributed by atoms with Crippen molar-refractivity contribution in [1.29, 1.82) is 0 Å². The van der Waals surface area contributed by atoms with Gasteiger partial charge < -0.3 is 10.1 Å². The first-order valence-corrected chi connectivity index (χ1v) is 13.8. The van der Waals surface area contributed by atoms with Gasteiger partial charge in [-0.25, -0.2) is 13.2 Å². The first-order valence-electron chi connectivity index (χ1n) is 12.3. The Labute approximate surface area is 235 Å². The molecule has 0 aliphatic heterocycles. The van der Waals surface area contributed by atoms with Gasteiger partial charge in [0, 0.05) is 16.9 Å². The highest BCUT2D eigenvalue weighted by Crippen LogP contribution is 2.31. The molecule has 0 fully saturated rings. The summed E-state index contributed by atoms with van der Waals surface area (Å²) in [5.74, 6) is -1.89. The van der Waals surface area contributed by atoms with Crippen molar-refractivity contribution in [3.05, 3.63) is 125 Å². The molecule has 1 amide bonds. The van der Waals surface area contributed by atoms with E-state index in [2.05, 4.69) is 10.0 Å². The van der Waals surface area contributed by atoms with Crippen molar-refractivity contribution in [2.45, 2.75) is 31.0 Å². The molecule has 0 saturated heterocycles. The van der Waals surface area contributed by atoms with Gasteiger partial charge in [-0.15, -0.1) is 0 Å². The highest BCUT2D eigenvalue weighted by Gasteiger charge is 2.31. The molecule has 0 spiro atoms. The minimum Gasteiger partial charge on any atom is -0.444 e. The van der Waals surface area contributed by atoms with Gasteiger partial charge in [-0.2, -0.15) is 13.2 Å². The molecule has 0 aliphatic rings. The second-order valence-electron chi connectivity index (χ2n) is 9.22. The zero-order valence-corrected chi connectivity index (χ0v) is 22.7. The number of hydrogen-bond acceptors (Lipinski definition) is 5. The van der Waals surface area contributed by atoms with E-state index in [9.17, 15) is 31.2 Å². The molecule has 4 aromatic carbocycles. The normalized spacial score (nSPS) is 12.3. The van der Waals surface area contributed by atoms with E-state index in [1.165, 1.54) is 30.3 Å². The average molecular weight is 583 g/mol. The third-order valence-electron chi connectivity index (χ3n) is 6.03. The zero-order valence-electron chi connectivity index (χ0n) is 21.9. The molecular weight excluding hydrogens is 557 g/mol. The van der Waals surface area contributed by atoms with Crippen LogP contribution in [0, 0.1) is 13.8 Å². The van der Waals surface area contributed by atoms with E-state index in [4.69, 9.17) is 4.74 Å². The number of amides is 1. The lowest BCUT2D eigenvalue weighted by Crippen LogP contribution is -2.26. The molecule has 0 unspecified atom stereocenters. The van der Waals surface area contributed by atoms with Crippen LogP contribution in [0.3, 0.4) is 0 Å². The van der Waals surface area contributed by atoms with Crippen molar-refractivity contribution in [3.8, 4) is 0 Å². The molecule has 4 rings (SSSR count). The maximum atomic E-state index is 13.3. The largest absolute Gasteiger partial charge is 0.444 e. The van der Waals surface area contributed by atoms with Crippen LogP contribution in [-0.2, 0) is 25.7 Å². The smallest absolute Gasteiger partial charge is 0.416 e. The van der Waals surface area contributed by atoms with Crippen molar-refractivity contribution >= 4 is 33.3 Å². The number of rotatable bonds is 8. The molecule has 0 aliphatic carbocycles. The van der Waals surface area contributed by atoms with Gasteiger partial charge in [-0.3, -0.25) is 9.52 Å². The molecule has 11 heteroatoms. The molecule has 0 saturated carbocycles. The maximum absolute atomic E-state index is 13.3. The van der Waals surface area contributed by atoms with E-state index in [1.807, 2.05) is 13.0 Å². The molecule has 0 heterocycles. The Balaban J connectivity index is 1.61. The fourth-order valence-electron chi connectivity index (χ4n) is 3.96. The lowest BCUT2D eigenvalue weighted by molar-refractivity contribution is -0.137. The van der Waals surface area contributed by atoms with Crippen LogP contribution in [0.4, 0.5) is 24.5 Å². The van der Waals surface area contributed by atoms with Gasteiger partial charge in [0.2, 0.25) is 6.10 Å². The summed E-state index contributed by atoms with van der Waals surface area (Å²) in [6.07, 6.45) is -6.17. The summed E-state index contributed by atoms with van der Waals surface area (Å²) in [5, 5.41) is 2.37. The number of benzene rings is 4. The fourth-order valence-corrected chi connectivity index (χ4v) is 5.04. The number of esters is 1. The van der Waals surface area contributed by atoms with Gasteiger partial charge in [0.25, 0.3) is 15.9 Å². The average Bonchev–Trinajstić information content (AvgIpc) is 2.91. The number of halogens is 3. The molecule has 41 heavy (non-hydrogen) atoms. The van der Waals surface area contributed by atoms with E-state index >= 15 is 0 Å². The maximum Gasteiger partial charge on any atom is 0.416 e. The summed E-state index contributed by atoms with van der Waals surface area (Å²) in [7, 11) is -4.09. The lowest BCUT2D eigenvalue weighted by atomic mass is 10.1. The van der Waals surface area contributed by atoms with Crippen LogP contribution >= 0.6 is 0 Å². The molecule has 212 valence electrons. The van der Waals surface area contributed by atoms with Crippen LogP contribution in [0.25, 0.3) is 0 Å². The van der Waals surface area contributed by atoms with E-state index in [0.29, 0.717) is 11.3 Å². The highest BCUT2D eigenvalue weighted by molar-refractivity contribution is 7.92. The first kappa shape index (κ1) is 29.3. The molecule has 0 bridgehead atoms. The van der Waals surface area contributed by atoms with E-state index in [-0.39, 0.29) is 21.7 Å². The topological polar surface area (TPSA) is 102 Å². The number of carbonyl (C=O) groups excluding carboxylic acids is 2. The van der Waals surface area contributed by atoms with Crippen LogP contribution in [0.1, 0.15) is 38.7 Å². The summed E-state index contributed by atoms with van der Waals surface area (Å²) in [5.41, 5.74) is 0.607. The molecule has 1 atom stereocenters. The number of sulfonamides is 1. The minimum absolute atomic E-state index is 0.107.